The molecule has 4 rings (SSSR count). The van der Waals surface area contributed by atoms with Gasteiger partial charge in [-0.25, -0.2) is 14.8 Å². The first kappa shape index (κ1) is 17.5. The summed E-state index contributed by atoms with van der Waals surface area (Å²) in [5, 5.41) is 3.01. The smallest absolute Gasteiger partial charge is 0.321 e. The molecule has 1 saturated heterocycles. The predicted octanol–water partition coefficient (Wildman–Crippen LogP) is 2.64. The van der Waals surface area contributed by atoms with Crippen molar-refractivity contribution in [2.75, 3.05) is 42.1 Å². The fourth-order valence-electron chi connectivity index (χ4n) is 3.25. The summed E-state index contributed by atoms with van der Waals surface area (Å²) in [4.78, 5) is 30.3. The van der Waals surface area contributed by atoms with Crippen molar-refractivity contribution < 1.29 is 4.79 Å². The summed E-state index contributed by atoms with van der Waals surface area (Å²) in [5.74, 6) is 0.991. The Balaban J connectivity index is 1.44. The van der Waals surface area contributed by atoms with Crippen molar-refractivity contribution >= 4 is 45.2 Å². The Morgan fingerprint density at radius 1 is 1.19 bits per heavy atom. The van der Waals surface area contributed by atoms with Gasteiger partial charge >= 0.3 is 6.03 Å². The molecule has 1 fully saturated rings. The zero-order chi connectivity index (χ0) is 19.0. The minimum Gasteiger partial charge on any atom is -0.368 e. The zero-order valence-corrected chi connectivity index (χ0v) is 16.1. The fourth-order valence-corrected chi connectivity index (χ4v) is 3.91. The molecule has 0 bridgehead atoms. The Kier molecular flexibility index (Phi) is 4.53. The van der Waals surface area contributed by atoms with Crippen LogP contribution in [0.4, 0.5) is 22.2 Å². The number of carbonyl (C=O) groups excluding carboxylic acids is 1. The minimum absolute atomic E-state index is 0.0809. The van der Waals surface area contributed by atoms with Crippen LogP contribution in [0.25, 0.3) is 10.3 Å². The van der Waals surface area contributed by atoms with Gasteiger partial charge in [0.2, 0.25) is 5.95 Å². The summed E-state index contributed by atoms with van der Waals surface area (Å²) in [5.41, 5.74) is 11.4. The average Bonchev–Trinajstić information content (AvgIpc) is 3.11. The molecule has 0 unspecified atom stereocenters. The number of amides is 2. The first-order chi connectivity index (χ1) is 13.0. The van der Waals surface area contributed by atoms with Gasteiger partial charge in [-0.2, -0.15) is 4.98 Å². The van der Waals surface area contributed by atoms with Gasteiger partial charge in [0.1, 0.15) is 5.52 Å². The van der Waals surface area contributed by atoms with Gasteiger partial charge in [-0.15, -0.1) is 11.3 Å². The number of carbonyl (C=O) groups is 1. The molecular weight excluding hydrogens is 362 g/mol. The van der Waals surface area contributed by atoms with E-state index in [1.807, 2.05) is 30.9 Å². The van der Waals surface area contributed by atoms with Crippen LogP contribution in [0.3, 0.4) is 0 Å². The van der Waals surface area contributed by atoms with Crippen molar-refractivity contribution in [1.29, 1.82) is 0 Å². The molecule has 0 radical (unpaired) electrons. The number of benzene rings is 1. The molecule has 3 N–H and O–H groups in total. The molecule has 0 atom stereocenters. The number of aryl methyl sites for hydroxylation is 2. The highest BCUT2D eigenvalue weighted by Crippen LogP contribution is 2.27. The molecule has 0 spiro atoms. The molecule has 2 amide bonds. The number of fused-ring (bicyclic) bond motifs is 1. The molecule has 0 saturated carbocycles. The van der Waals surface area contributed by atoms with E-state index in [2.05, 4.69) is 31.2 Å². The van der Waals surface area contributed by atoms with Crippen molar-refractivity contribution in [3.8, 4) is 0 Å². The Morgan fingerprint density at radius 3 is 2.70 bits per heavy atom. The number of nitrogens with zero attached hydrogens (tertiary/aromatic N) is 5. The number of nitrogens with one attached hydrogen (secondary N) is 1. The summed E-state index contributed by atoms with van der Waals surface area (Å²) in [6.45, 7) is 6.58. The maximum atomic E-state index is 12.6. The Labute approximate surface area is 161 Å². The van der Waals surface area contributed by atoms with E-state index >= 15 is 0 Å². The maximum absolute atomic E-state index is 12.6. The first-order valence-corrected chi connectivity index (χ1v) is 9.64. The van der Waals surface area contributed by atoms with Crippen LogP contribution in [-0.2, 0) is 0 Å². The Hall–Kier alpha value is -2.94. The van der Waals surface area contributed by atoms with Crippen molar-refractivity contribution in [1.82, 2.24) is 19.9 Å². The quantitative estimate of drug-likeness (QED) is 0.706. The molecule has 1 aromatic carbocycles. The molecule has 3 aromatic rings. The number of urea groups is 1. The van der Waals surface area contributed by atoms with E-state index in [0.29, 0.717) is 26.2 Å². The third-order valence-electron chi connectivity index (χ3n) is 4.69. The Bertz CT molecular complexity index is 995. The normalized spacial score (nSPS) is 14.6. The monoisotopic (exact) mass is 383 g/mol. The summed E-state index contributed by atoms with van der Waals surface area (Å²) < 4.78 is 0. The molecule has 8 nitrogen and oxygen atoms in total. The van der Waals surface area contributed by atoms with Gasteiger partial charge < -0.3 is 20.9 Å². The number of anilines is 3. The second kappa shape index (κ2) is 6.99. The molecule has 140 valence electrons. The van der Waals surface area contributed by atoms with E-state index in [4.69, 9.17) is 5.73 Å². The predicted molar refractivity (Wildman–Crippen MR) is 108 cm³/mol. The lowest BCUT2D eigenvalue weighted by molar-refractivity contribution is 0.208. The standard InChI is InChI=1S/C18H21N7OS/c1-11-3-4-13(12(2)9-11)21-18(26)25-7-5-24(6-8-25)15-14-16(27-10-20-14)23-17(19)22-15/h3-4,9-10H,5-8H2,1-2H3,(H,21,26)(H2,19,22,23). The molecule has 0 aliphatic carbocycles. The molecule has 3 heterocycles. The summed E-state index contributed by atoms with van der Waals surface area (Å²) >= 11 is 1.45. The largest absolute Gasteiger partial charge is 0.368 e. The lowest BCUT2D eigenvalue weighted by Crippen LogP contribution is -2.50. The van der Waals surface area contributed by atoms with Gasteiger partial charge in [0.05, 0.1) is 5.51 Å². The van der Waals surface area contributed by atoms with Crippen LogP contribution in [0.15, 0.2) is 23.7 Å². The molecule has 1 aliphatic rings. The van der Waals surface area contributed by atoms with Crippen LogP contribution in [0, 0.1) is 13.8 Å². The molecule has 2 aromatic heterocycles. The van der Waals surface area contributed by atoms with E-state index in [9.17, 15) is 4.79 Å². The third-order valence-corrected chi connectivity index (χ3v) is 5.41. The number of hydrogen-bond acceptors (Lipinski definition) is 7. The summed E-state index contributed by atoms with van der Waals surface area (Å²) in [6.07, 6.45) is 0. The van der Waals surface area contributed by atoms with Gasteiger partial charge in [0.25, 0.3) is 0 Å². The second-order valence-corrected chi connectivity index (χ2v) is 7.47. The van der Waals surface area contributed by atoms with Crippen molar-refractivity contribution in [3.05, 3.63) is 34.8 Å². The molecular formula is C18H21N7OS. The number of piperazine rings is 1. The van der Waals surface area contributed by atoms with Crippen molar-refractivity contribution in [2.45, 2.75) is 13.8 Å². The van der Waals surface area contributed by atoms with Crippen LogP contribution in [0.1, 0.15) is 11.1 Å². The fraction of sp³-hybridized carbons (Fsp3) is 0.333. The molecule has 9 heteroatoms. The number of nitrogens with two attached hydrogens (primary N) is 1. The molecule has 27 heavy (non-hydrogen) atoms. The van der Waals surface area contributed by atoms with Gasteiger partial charge in [-0.3, -0.25) is 0 Å². The Morgan fingerprint density at radius 2 is 1.96 bits per heavy atom. The van der Waals surface area contributed by atoms with E-state index in [0.717, 1.165) is 27.4 Å². The number of nitrogen functional groups attached to an aromatic ring is 1. The first-order valence-electron chi connectivity index (χ1n) is 8.76. The van der Waals surface area contributed by atoms with Crippen molar-refractivity contribution in [2.24, 2.45) is 0 Å². The van der Waals surface area contributed by atoms with Crippen LogP contribution in [0.5, 0.6) is 0 Å². The van der Waals surface area contributed by atoms with Gasteiger partial charge in [0.15, 0.2) is 10.6 Å². The van der Waals surface area contributed by atoms with E-state index in [1.165, 1.54) is 16.9 Å². The summed E-state index contributed by atoms with van der Waals surface area (Å²) in [7, 11) is 0. The maximum Gasteiger partial charge on any atom is 0.321 e. The van der Waals surface area contributed by atoms with Crippen LogP contribution in [0.2, 0.25) is 0 Å². The number of aromatic nitrogens is 3. The van der Waals surface area contributed by atoms with Gasteiger partial charge in [-0.05, 0) is 25.5 Å². The van der Waals surface area contributed by atoms with Gasteiger partial charge in [-0.1, -0.05) is 17.7 Å². The highest BCUT2D eigenvalue weighted by atomic mass is 32.1. The van der Waals surface area contributed by atoms with Crippen LogP contribution in [-0.4, -0.2) is 52.1 Å². The number of rotatable bonds is 2. The third kappa shape index (κ3) is 3.50. The lowest BCUT2D eigenvalue weighted by Gasteiger charge is -2.35. The number of hydrogen-bond donors (Lipinski definition) is 2. The van der Waals surface area contributed by atoms with Crippen LogP contribution >= 0.6 is 11.3 Å². The highest BCUT2D eigenvalue weighted by Gasteiger charge is 2.24. The summed E-state index contributed by atoms with van der Waals surface area (Å²) in [6, 6.07) is 5.93. The second-order valence-electron chi connectivity index (χ2n) is 6.63. The molecule has 1 aliphatic heterocycles. The van der Waals surface area contributed by atoms with E-state index < -0.39 is 0 Å². The average molecular weight is 383 g/mol. The topological polar surface area (TPSA) is 100 Å². The van der Waals surface area contributed by atoms with Crippen LogP contribution < -0.4 is 16.0 Å². The number of thiazole rings is 1. The van der Waals surface area contributed by atoms with E-state index in [1.54, 1.807) is 5.51 Å². The van der Waals surface area contributed by atoms with Crippen molar-refractivity contribution in [3.63, 3.8) is 0 Å². The lowest BCUT2D eigenvalue weighted by atomic mass is 10.1. The van der Waals surface area contributed by atoms with Gasteiger partial charge in [0, 0.05) is 31.9 Å². The highest BCUT2D eigenvalue weighted by molar-refractivity contribution is 7.16. The van der Waals surface area contributed by atoms with E-state index in [-0.39, 0.29) is 12.0 Å². The minimum atomic E-state index is -0.0809. The zero-order valence-electron chi connectivity index (χ0n) is 15.3. The SMILES string of the molecule is Cc1ccc(NC(=O)N2CCN(c3nc(N)nc4scnc34)CC2)c(C)c1.